The first-order chi connectivity index (χ1) is 9.04. The minimum atomic E-state index is -1.01. The molecule has 0 aliphatic carbocycles. The highest BCUT2D eigenvalue weighted by molar-refractivity contribution is 7.09. The number of hydrogen-bond donors (Lipinski definition) is 3. The monoisotopic (exact) mass is 285 g/mol. The molecule has 106 valence electrons. The van der Waals surface area contributed by atoms with E-state index in [1.165, 1.54) is 11.3 Å². The summed E-state index contributed by atoms with van der Waals surface area (Å²) in [5, 5.41) is 16.8. The van der Waals surface area contributed by atoms with Crippen molar-refractivity contribution in [2.45, 2.75) is 45.2 Å². The number of rotatable bonds is 7. The fourth-order valence-electron chi connectivity index (χ4n) is 1.57. The summed E-state index contributed by atoms with van der Waals surface area (Å²) in [5.41, 5.74) is 0. The van der Waals surface area contributed by atoms with Gasteiger partial charge in [-0.05, 0) is 13.3 Å². The van der Waals surface area contributed by atoms with E-state index in [9.17, 15) is 9.59 Å². The summed E-state index contributed by atoms with van der Waals surface area (Å²) >= 11 is 1.44. The number of aromatic nitrogens is 1. The van der Waals surface area contributed by atoms with Gasteiger partial charge < -0.3 is 15.7 Å². The van der Waals surface area contributed by atoms with Gasteiger partial charge >= 0.3 is 12.0 Å². The predicted molar refractivity (Wildman–Crippen MR) is 73.1 cm³/mol. The highest BCUT2D eigenvalue weighted by Crippen LogP contribution is 2.14. The number of unbranched alkanes of at least 4 members (excludes halogenated alkanes) is 1. The van der Waals surface area contributed by atoms with Crippen LogP contribution in [0.15, 0.2) is 11.6 Å². The maximum absolute atomic E-state index is 11.7. The Kier molecular flexibility index (Phi) is 6.27. The van der Waals surface area contributed by atoms with Crippen molar-refractivity contribution < 1.29 is 14.7 Å². The van der Waals surface area contributed by atoms with Crippen molar-refractivity contribution in [2.75, 3.05) is 0 Å². The SMILES string of the molecule is CCCC[C@H](NC(=O)NC(C)c1nccs1)C(=O)O. The maximum Gasteiger partial charge on any atom is 0.326 e. The van der Waals surface area contributed by atoms with Crippen LogP contribution in [-0.4, -0.2) is 28.1 Å². The second kappa shape index (κ2) is 7.73. The van der Waals surface area contributed by atoms with Gasteiger partial charge in [-0.3, -0.25) is 0 Å². The van der Waals surface area contributed by atoms with Crippen molar-refractivity contribution in [1.82, 2.24) is 15.6 Å². The molecule has 2 amide bonds. The Bertz CT molecular complexity index is 408. The molecule has 7 heteroatoms. The van der Waals surface area contributed by atoms with Crippen molar-refractivity contribution in [3.63, 3.8) is 0 Å². The van der Waals surface area contributed by atoms with Gasteiger partial charge in [0.15, 0.2) is 0 Å². The van der Waals surface area contributed by atoms with Crippen LogP contribution in [0.5, 0.6) is 0 Å². The van der Waals surface area contributed by atoms with Crippen molar-refractivity contribution in [2.24, 2.45) is 0 Å². The van der Waals surface area contributed by atoms with Crippen molar-refractivity contribution in [3.05, 3.63) is 16.6 Å². The summed E-state index contributed by atoms with van der Waals surface area (Å²) in [6.45, 7) is 3.78. The lowest BCUT2D eigenvalue weighted by atomic mass is 10.1. The Morgan fingerprint density at radius 2 is 2.21 bits per heavy atom. The number of carboxylic acid groups (broad SMARTS) is 1. The zero-order chi connectivity index (χ0) is 14.3. The molecule has 0 fully saturated rings. The Morgan fingerprint density at radius 1 is 1.47 bits per heavy atom. The number of amides is 2. The molecule has 0 radical (unpaired) electrons. The van der Waals surface area contributed by atoms with Gasteiger partial charge in [0, 0.05) is 11.6 Å². The molecule has 0 aliphatic heterocycles. The van der Waals surface area contributed by atoms with Crippen molar-refractivity contribution in [3.8, 4) is 0 Å². The summed E-state index contributed by atoms with van der Waals surface area (Å²) in [5.74, 6) is -1.01. The third-order valence-corrected chi connectivity index (χ3v) is 3.58. The first-order valence-corrected chi connectivity index (χ1v) is 7.11. The van der Waals surface area contributed by atoms with Crippen LogP contribution in [0.4, 0.5) is 4.79 Å². The summed E-state index contributed by atoms with van der Waals surface area (Å²) in [4.78, 5) is 26.8. The van der Waals surface area contributed by atoms with Crippen LogP contribution in [0.3, 0.4) is 0 Å². The van der Waals surface area contributed by atoms with Crippen molar-refractivity contribution in [1.29, 1.82) is 0 Å². The second-order valence-corrected chi connectivity index (χ2v) is 5.17. The van der Waals surface area contributed by atoms with Gasteiger partial charge in [0.1, 0.15) is 11.0 Å². The largest absolute Gasteiger partial charge is 0.480 e. The van der Waals surface area contributed by atoms with Gasteiger partial charge in [-0.25, -0.2) is 14.6 Å². The lowest BCUT2D eigenvalue weighted by Crippen LogP contribution is -2.46. The molecule has 0 aliphatic rings. The van der Waals surface area contributed by atoms with Crippen LogP contribution in [0.25, 0.3) is 0 Å². The van der Waals surface area contributed by atoms with Gasteiger partial charge in [0.25, 0.3) is 0 Å². The molecule has 1 aromatic rings. The Labute approximate surface area is 116 Å². The second-order valence-electron chi connectivity index (χ2n) is 4.24. The number of carbonyl (C=O) groups is 2. The number of nitrogens with one attached hydrogen (secondary N) is 2. The molecule has 1 unspecified atom stereocenters. The van der Waals surface area contributed by atoms with Crippen LogP contribution in [-0.2, 0) is 4.79 Å². The van der Waals surface area contributed by atoms with Crippen LogP contribution < -0.4 is 10.6 Å². The smallest absolute Gasteiger partial charge is 0.326 e. The fourth-order valence-corrected chi connectivity index (χ4v) is 2.22. The lowest BCUT2D eigenvalue weighted by molar-refractivity contribution is -0.139. The third kappa shape index (κ3) is 5.25. The number of urea groups is 1. The Balaban J connectivity index is 2.46. The van der Waals surface area contributed by atoms with E-state index in [0.717, 1.165) is 17.8 Å². The summed E-state index contributed by atoms with van der Waals surface area (Å²) < 4.78 is 0. The molecule has 3 N–H and O–H groups in total. The van der Waals surface area contributed by atoms with E-state index in [-0.39, 0.29) is 6.04 Å². The number of carboxylic acids is 1. The molecule has 2 atom stereocenters. The molecular formula is C12H19N3O3S. The van der Waals surface area contributed by atoms with E-state index in [4.69, 9.17) is 5.11 Å². The van der Waals surface area contributed by atoms with Gasteiger partial charge in [-0.15, -0.1) is 11.3 Å². The van der Waals surface area contributed by atoms with E-state index in [1.807, 2.05) is 12.3 Å². The van der Waals surface area contributed by atoms with E-state index < -0.39 is 18.0 Å². The number of hydrogen-bond acceptors (Lipinski definition) is 4. The predicted octanol–water partition coefficient (Wildman–Crippen LogP) is 2.15. The Morgan fingerprint density at radius 3 is 2.74 bits per heavy atom. The number of aliphatic carboxylic acids is 1. The van der Waals surface area contributed by atoms with Gasteiger partial charge in [-0.2, -0.15) is 0 Å². The average molecular weight is 285 g/mol. The molecule has 1 heterocycles. The minimum Gasteiger partial charge on any atom is -0.480 e. The molecule has 1 aromatic heterocycles. The zero-order valence-corrected chi connectivity index (χ0v) is 11.9. The molecule has 0 spiro atoms. The maximum atomic E-state index is 11.7. The normalized spacial score (nSPS) is 13.6. The van der Waals surface area contributed by atoms with Crippen LogP contribution in [0.2, 0.25) is 0 Å². The van der Waals surface area contributed by atoms with E-state index in [2.05, 4.69) is 15.6 Å². The third-order valence-electron chi connectivity index (χ3n) is 2.62. The molecule has 0 aromatic carbocycles. The number of thiazole rings is 1. The lowest BCUT2D eigenvalue weighted by Gasteiger charge is -2.17. The summed E-state index contributed by atoms with van der Waals surface area (Å²) in [6.07, 6.45) is 3.75. The highest BCUT2D eigenvalue weighted by atomic mass is 32.1. The van der Waals surface area contributed by atoms with Crippen LogP contribution in [0.1, 0.15) is 44.2 Å². The van der Waals surface area contributed by atoms with Gasteiger partial charge in [-0.1, -0.05) is 19.8 Å². The molecule has 19 heavy (non-hydrogen) atoms. The van der Waals surface area contributed by atoms with Crippen LogP contribution in [0, 0.1) is 0 Å². The highest BCUT2D eigenvalue weighted by Gasteiger charge is 2.20. The molecular weight excluding hydrogens is 266 g/mol. The number of carbonyl (C=O) groups excluding carboxylic acids is 1. The van der Waals surface area contributed by atoms with Crippen molar-refractivity contribution >= 4 is 23.3 Å². The molecule has 1 rings (SSSR count). The summed E-state index contributed by atoms with van der Waals surface area (Å²) in [7, 11) is 0. The number of nitrogens with zero attached hydrogens (tertiary/aromatic N) is 1. The quantitative estimate of drug-likeness (QED) is 0.716. The van der Waals surface area contributed by atoms with E-state index in [1.54, 1.807) is 13.1 Å². The topological polar surface area (TPSA) is 91.3 Å². The van der Waals surface area contributed by atoms with Gasteiger partial charge in [0.05, 0.1) is 6.04 Å². The fraction of sp³-hybridized carbons (Fsp3) is 0.583. The molecule has 0 bridgehead atoms. The zero-order valence-electron chi connectivity index (χ0n) is 11.0. The van der Waals surface area contributed by atoms with E-state index >= 15 is 0 Å². The average Bonchev–Trinajstić information content (AvgIpc) is 2.87. The molecule has 0 saturated carbocycles. The first kappa shape index (κ1) is 15.4. The van der Waals surface area contributed by atoms with Crippen LogP contribution >= 0.6 is 11.3 Å². The summed E-state index contributed by atoms with van der Waals surface area (Å²) in [6, 6.07) is -1.56. The molecule has 0 saturated heterocycles. The molecule has 6 nitrogen and oxygen atoms in total. The standard InChI is InChI=1S/C12H19N3O3S/c1-3-4-5-9(11(16)17)15-12(18)14-8(2)10-13-6-7-19-10/h6-9H,3-5H2,1-2H3,(H,16,17)(H2,14,15,18)/t8?,9-/m0/s1. The minimum absolute atomic E-state index is 0.236. The van der Waals surface area contributed by atoms with Gasteiger partial charge in [0.2, 0.25) is 0 Å². The first-order valence-electron chi connectivity index (χ1n) is 6.23. The van der Waals surface area contributed by atoms with E-state index in [0.29, 0.717) is 6.42 Å². The Hall–Kier alpha value is -1.63.